The van der Waals surface area contributed by atoms with Gasteiger partial charge in [0.1, 0.15) is 0 Å². The quantitative estimate of drug-likeness (QED) is 0.752. The number of rotatable bonds is 4. The van der Waals surface area contributed by atoms with Crippen molar-refractivity contribution in [3.63, 3.8) is 0 Å². The first-order valence-corrected chi connectivity index (χ1v) is 6.94. The third-order valence-corrected chi connectivity index (χ3v) is 4.09. The van der Waals surface area contributed by atoms with Crippen LogP contribution in [0.3, 0.4) is 0 Å². The highest BCUT2D eigenvalue weighted by Gasteiger charge is 2.25. The number of aliphatic hydroxyl groups excluding tert-OH is 1. The summed E-state index contributed by atoms with van der Waals surface area (Å²) in [7, 11) is 2.15. The summed E-state index contributed by atoms with van der Waals surface area (Å²) in [6, 6.07) is 0.490. The molecule has 2 N–H and O–H groups in total. The van der Waals surface area contributed by atoms with Crippen LogP contribution in [-0.4, -0.2) is 62.0 Å². The van der Waals surface area contributed by atoms with Crippen molar-refractivity contribution in [2.45, 2.75) is 37.8 Å². The number of morpholine rings is 1. The molecule has 2 rings (SSSR count). The van der Waals surface area contributed by atoms with E-state index in [0.29, 0.717) is 24.7 Å². The Morgan fingerprint density at radius 3 is 2.94 bits per heavy atom. The van der Waals surface area contributed by atoms with Crippen LogP contribution in [0.2, 0.25) is 0 Å². The number of nitrogens with zero attached hydrogens (tertiary/aromatic N) is 1. The number of aliphatic hydroxyl groups is 1. The summed E-state index contributed by atoms with van der Waals surface area (Å²) in [6.07, 6.45) is 5.24. The lowest BCUT2D eigenvalue weighted by Gasteiger charge is -2.35. The maximum atomic E-state index is 9.36. The van der Waals surface area contributed by atoms with E-state index >= 15 is 0 Å². The first-order valence-electron chi connectivity index (χ1n) is 6.94. The van der Waals surface area contributed by atoms with E-state index in [2.05, 4.69) is 17.3 Å². The SMILES string of the molecule is CN1CCOC(CNC2CCCCC2CO)C1. The lowest BCUT2D eigenvalue weighted by atomic mass is 9.85. The van der Waals surface area contributed by atoms with Gasteiger partial charge in [-0.15, -0.1) is 0 Å². The molecule has 0 aromatic carbocycles. The molecular formula is C13H26N2O2. The van der Waals surface area contributed by atoms with Crippen molar-refractivity contribution in [3.8, 4) is 0 Å². The minimum absolute atomic E-state index is 0.315. The van der Waals surface area contributed by atoms with Gasteiger partial charge in [0.25, 0.3) is 0 Å². The normalized spacial score (nSPS) is 36.0. The first kappa shape index (κ1) is 13.3. The average Bonchev–Trinajstić information content (AvgIpc) is 2.37. The Kier molecular flexibility index (Phi) is 5.22. The highest BCUT2D eigenvalue weighted by molar-refractivity contribution is 4.82. The highest BCUT2D eigenvalue weighted by Crippen LogP contribution is 2.23. The molecule has 3 atom stereocenters. The molecule has 3 unspecified atom stereocenters. The lowest BCUT2D eigenvalue weighted by molar-refractivity contribution is -0.0213. The standard InChI is InChI=1S/C13H26N2O2/c1-15-6-7-17-12(9-15)8-14-13-5-3-2-4-11(13)10-16/h11-14,16H,2-10H2,1H3. The summed E-state index contributed by atoms with van der Waals surface area (Å²) in [5.41, 5.74) is 0. The van der Waals surface area contributed by atoms with Gasteiger partial charge in [0.2, 0.25) is 0 Å². The number of ether oxygens (including phenoxy) is 1. The fourth-order valence-corrected chi connectivity index (χ4v) is 2.97. The molecule has 0 radical (unpaired) electrons. The van der Waals surface area contributed by atoms with Gasteiger partial charge in [0, 0.05) is 32.3 Å². The van der Waals surface area contributed by atoms with Crippen molar-refractivity contribution in [1.29, 1.82) is 0 Å². The van der Waals surface area contributed by atoms with Gasteiger partial charge < -0.3 is 20.1 Å². The molecule has 2 fully saturated rings. The van der Waals surface area contributed by atoms with Gasteiger partial charge in [-0.1, -0.05) is 12.8 Å². The van der Waals surface area contributed by atoms with E-state index in [-0.39, 0.29) is 0 Å². The van der Waals surface area contributed by atoms with Gasteiger partial charge in [0.15, 0.2) is 0 Å². The van der Waals surface area contributed by atoms with E-state index < -0.39 is 0 Å². The minimum Gasteiger partial charge on any atom is -0.396 e. The fourth-order valence-electron chi connectivity index (χ4n) is 2.97. The molecule has 0 aromatic heterocycles. The maximum Gasteiger partial charge on any atom is 0.0826 e. The van der Waals surface area contributed by atoms with Crippen LogP contribution in [-0.2, 0) is 4.74 Å². The van der Waals surface area contributed by atoms with Crippen molar-refractivity contribution >= 4 is 0 Å². The van der Waals surface area contributed by atoms with Crippen LogP contribution >= 0.6 is 0 Å². The van der Waals surface area contributed by atoms with Crippen molar-refractivity contribution < 1.29 is 9.84 Å². The third kappa shape index (κ3) is 3.91. The summed E-state index contributed by atoms with van der Waals surface area (Å²) in [4.78, 5) is 2.32. The van der Waals surface area contributed by atoms with Crippen molar-refractivity contribution in [2.75, 3.05) is 39.9 Å². The second-order valence-corrected chi connectivity index (χ2v) is 5.50. The molecule has 0 bridgehead atoms. The second-order valence-electron chi connectivity index (χ2n) is 5.50. The monoisotopic (exact) mass is 242 g/mol. The fraction of sp³-hybridized carbons (Fsp3) is 1.00. The molecule has 0 amide bonds. The van der Waals surface area contributed by atoms with Crippen molar-refractivity contribution in [1.82, 2.24) is 10.2 Å². The molecule has 17 heavy (non-hydrogen) atoms. The molecule has 4 heteroatoms. The van der Waals surface area contributed by atoms with Crippen LogP contribution < -0.4 is 5.32 Å². The van der Waals surface area contributed by atoms with E-state index in [9.17, 15) is 5.11 Å². The van der Waals surface area contributed by atoms with Crippen molar-refractivity contribution in [3.05, 3.63) is 0 Å². The van der Waals surface area contributed by atoms with Gasteiger partial charge in [-0.3, -0.25) is 0 Å². The zero-order chi connectivity index (χ0) is 12.1. The summed E-state index contributed by atoms with van der Waals surface area (Å²) in [6.45, 7) is 4.15. The molecule has 1 saturated carbocycles. The molecule has 0 spiro atoms. The number of nitrogens with one attached hydrogen (secondary N) is 1. The molecule has 1 saturated heterocycles. The largest absolute Gasteiger partial charge is 0.396 e. The summed E-state index contributed by atoms with van der Waals surface area (Å²) < 4.78 is 5.74. The van der Waals surface area contributed by atoms with Crippen LogP contribution in [0.5, 0.6) is 0 Å². The van der Waals surface area contributed by atoms with Crippen LogP contribution in [0.4, 0.5) is 0 Å². The predicted molar refractivity (Wildman–Crippen MR) is 68.1 cm³/mol. The van der Waals surface area contributed by atoms with Gasteiger partial charge in [-0.2, -0.15) is 0 Å². The van der Waals surface area contributed by atoms with Crippen LogP contribution in [0.25, 0.3) is 0 Å². The lowest BCUT2D eigenvalue weighted by Crippen LogP contribution is -2.49. The Morgan fingerprint density at radius 2 is 2.18 bits per heavy atom. The van der Waals surface area contributed by atoms with E-state index in [1.807, 2.05) is 0 Å². The third-order valence-electron chi connectivity index (χ3n) is 4.09. The zero-order valence-corrected chi connectivity index (χ0v) is 10.9. The molecular weight excluding hydrogens is 216 g/mol. The minimum atomic E-state index is 0.315. The van der Waals surface area contributed by atoms with E-state index in [1.54, 1.807) is 0 Å². The van der Waals surface area contributed by atoms with Crippen molar-refractivity contribution in [2.24, 2.45) is 5.92 Å². The Morgan fingerprint density at radius 1 is 1.35 bits per heavy atom. The zero-order valence-electron chi connectivity index (χ0n) is 10.9. The predicted octanol–water partition coefficient (Wildman–Crippen LogP) is 0.458. The Hall–Kier alpha value is -0.160. The smallest absolute Gasteiger partial charge is 0.0826 e. The Bertz CT molecular complexity index is 225. The van der Waals surface area contributed by atoms with Gasteiger partial charge >= 0.3 is 0 Å². The van der Waals surface area contributed by atoms with Crippen LogP contribution in [0.1, 0.15) is 25.7 Å². The molecule has 1 aliphatic heterocycles. The van der Waals surface area contributed by atoms with Gasteiger partial charge in [-0.05, 0) is 25.8 Å². The summed E-state index contributed by atoms with van der Waals surface area (Å²) in [5.74, 6) is 0.449. The number of likely N-dealkylation sites (N-methyl/N-ethyl adjacent to an activating group) is 1. The first-order chi connectivity index (χ1) is 8.29. The topological polar surface area (TPSA) is 44.7 Å². The van der Waals surface area contributed by atoms with Gasteiger partial charge in [-0.25, -0.2) is 0 Å². The van der Waals surface area contributed by atoms with E-state index in [4.69, 9.17) is 4.74 Å². The number of hydrogen-bond acceptors (Lipinski definition) is 4. The van der Waals surface area contributed by atoms with E-state index in [1.165, 1.54) is 25.7 Å². The van der Waals surface area contributed by atoms with E-state index in [0.717, 1.165) is 26.2 Å². The molecule has 4 nitrogen and oxygen atoms in total. The molecule has 2 aliphatic rings. The summed E-state index contributed by atoms with van der Waals surface area (Å²) >= 11 is 0. The summed E-state index contributed by atoms with van der Waals surface area (Å²) in [5, 5.41) is 13.0. The van der Waals surface area contributed by atoms with Gasteiger partial charge in [0.05, 0.1) is 12.7 Å². The molecule has 0 aromatic rings. The Labute approximate surface area is 104 Å². The maximum absolute atomic E-state index is 9.36. The molecule has 1 aliphatic carbocycles. The molecule has 1 heterocycles. The van der Waals surface area contributed by atoms with Crippen LogP contribution in [0.15, 0.2) is 0 Å². The molecule has 100 valence electrons. The van der Waals surface area contributed by atoms with Crippen LogP contribution in [0, 0.1) is 5.92 Å². The average molecular weight is 242 g/mol. The second kappa shape index (κ2) is 6.69. The Balaban J connectivity index is 1.72. The highest BCUT2D eigenvalue weighted by atomic mass is 16.5. The number of hydrogen-bond donors (Lipinski definition) is 2.